The number of benzene rings is 1. The number of halogens is 1. The quantitative estimate of drug-likeness (QED) is 0.376. The summed E-state index contributed by atoms with van der Waals surface area (Å²) in [6, 6.07) is 4.75. The zero-order valence-electron chi connectivity index (χ0n) is 23.4. The zero-order valence-corrected chi connectivity index (χ0v) is 24.1. The number of carbonyl (C=O) groups excluding carboxylic acids is 1. The molecule has 2 aromatic heterocycles. The van der Waals surface area contributed by atoms with Crippen LogP contribution in [0.3, 0.4) is 0 Å². The molecule has 3 N–H and O–H groups in total. The lowest BCUT2D eigenvalue weighted by Gasteiger charge is -2.40. The molecule has 5 heterocycles. The SMILES string of the molecule is O=C(c1ccc(Nc2nc(NC3CCCCC3)c3c(Cl)c[nH]c3n2)c2c1CCO2)N1CCC(N2CCOCC2)CC1. The molecule has 10 nitrogen and oxygen atoms in total. The maximum atomic E-state index is 13.7. The highest BCUT2D eigenvalue weighted by molar-refractivity contribution is 6.36. The fourth-order valence-electron chi connectivity index (χ4n) is 6.86. The first-order valence-corrected chi connectivity index (χ1v) is 15.5. The normalized spacial score (nSPS) is 20.7. The number of H-pyrrole nitrogens is 1. The highest BCUT2D eigenvalue weighted by Gasteiger charge is 2.31. The highest BCUT2D eigenvalue weighted by atomic mass is 35.5. The Kier molecular flexibility index (Phi) is 7.62. The Morgan fingerprint density at radius 3 is 2.61 bits per heavy atom. The number of ether oxygens (including phenoxy) is 2. The van der Waals surface area contributed by atoms with Crippen LogP contribution in [0.25, 0.3) is 11.0 Å². The number of likely N-dealkylation sites (tertiary alicyclic amines) is 1. The molecule has 2 saturated heterocycles. The summed E-state index contributed by atoms with van der Waals surface area (Å²) in [5.74, 6) is 2.00. The molecule has 0 radical (unpaired) electrons. The Bertz CT molecular complexity index is 1410. The Hall–Kier alpha value is -3.08. The van der Waals surface area contributed by atoms with E-state index in [9.17, 15) is 4.79 Å². The summed E-state index contributed by atoms with van der Waals surface area (Å²) in [5, 5.41) is 8.42. The topological polar surface area (TPSA) is 108 Å². The molecule has 7 rings (SSSR count). The van der Waals surface area contributed by atoms with Crippen LogP contribution in [0.5, 0.6) is 5.75 Å². The Morgan fingerprint density at radius 2 is 1.80 bits per heavy atom. The number of nitrogens with zero attached hydrogens (tertiary/aromatic N) is 4. The number of carbonyl (C=O) groups is 1. The average molecular weight is 580 g/mol. The van der Waals surface area contributed by atoms with E-state index < -0.39 is 0 Å². The van der Waals surface area contributed by atoms with Crippen molar-refractivity contribution < 1.29 is 14.3 Å². The smallest absolute Gasteiger partial charge is 0.254 e. The molecular weight excluding hydrogens is 542 g/mol. The maximum Gasteiger partial charge on any atom is 0.254 e. The van der Waals surface area contributed by atoms with Gasteiger partial charge in [0.25, 0.3) is 5.91 Å². The van der Waals surface area contributed by atoms with Crippen molar-refractivity contribution in [2.45, 2.75) is 63.5 Å². The minimum Gasteiger partial charge on any atom is -0.491 e. The third-order valence-corrected chi connectivity index (χ3v) is 9.38. The van der Waals surface area contributed by atoms with E-state index in [-0.39, 0.29) is 5.91 Å². The van der Waals surface area contributed by atoms with E-state index in [1.54, 1.807) is 6.20 Å². The minimum absolute atomic E-state index is 0.0939. The van der Waals surface area contributed by atoms with Crippen LogP contribution in [0.2, 0.25) is 5.02 Å². The van der Waals surface area contributed by atoms with E-state index in [0.29, 0.717) is 47.5 Å². The van der Waals surface area contributed by atoms with Crippen LogP contribution in [-0.4, -0.2) is 88.7 Å². The Labute approximate surface area is 245 Å². The molecule has 0 atom stereocenters. The number of hydrogen-bond donors (Lipinski definition) is 3. The van der Waals surface area contributed by atoms with Crippen LogP contribution in [0.15, 0.2) is 18.3 Å². The van der Waals surface area contributed by atoms with Crippen molar-refractivity contribution in [3.8, 4) is 5.75 Å². The first-order chi connectivity index (χ1) is 20.1. The van der Waals surface area contributed by atoms with Gasteiger partial charge in [0.05, 0.1) is 35.9 Å². The second kappa shape index (κ2) is 11.7. The number of aromatic amines is 1. The molecule has 1 aliphatic carbocycles. The first-order valence-electron chi connectivity index (χ1n) is 15.1. The number of rotatable bonds is 6. The molecule has 0 spiro atoms. The Morgan fingerprint density at radius 1 is 1.00 bits per heavy atom. The molecular formula is C30H38ClN7O3. The molecule has 3 aliphatic heterocycles. The highest BCUT2D eigenvalue weighted by Crippen LogP contribution is 2.39. The number of amides is 1. The lowest BCUT2D eigenvalue weighted by molar-refractivity contribution is 0.00158. The molecule has 1 saturated carbocycles. The van der Waals surface area contributed by atoms with Crippen LogP contribution < -0.4 is 15.4 Å². The molecule has 0 unspecified atom stereocenters. The standard InChI is InChI=1S/C30H38ClN7O3/c31-23-18-32-27-25(23)28(33-19-4-2-1-3-5-19)36-30(35-27)34-24-7-6-22(21-10-15-41-26(21)24)29(39)38-11-8-20(9-12-38)37-13-16-40-17-14-37/h6-7,18-20H,1-5,8-17H2,(H3,32,33,34,35,36). The number of morpholine rings is 1. The van der Waals surface area contributed by atoms with E-state index in [4.69, 9.17) is 31.0 Å². The monoisotopic (exact) mass is 579 g/mol. The van der Waals surface area contributed by atoms with Gasteiger partial charge in [-0.15, -0.1) is 0 Å². The summed E-state index contributed by atoms with van der Waals surface area (Å²) in [4.78, 5) is 30.9. The molecule has 3 fully saturated rings. The van der Waals surface area contributed by atoms with Crippen LogP contribution in [0.1, 0.15) is 60.9 Å². The van der Waals surface area contributed by atoms with Gasteiger partial charge in [-0.3, -0.25) is 9.69 Å². The zero-order chi connectivity index (χ0) is 27.8. The van der Waals surface area contributed by atoms with Gasteiger partial charge in [0.15, 0.2) is 0 Å². The lowest BCUT2D eigenvalue weighted by Crippen LogP contribution is -2.50. The van der Waals surface area contributed by atoms with E-state index >= 15 is 0 Å². The summed E-state index contributed by atoms with van der Waals surface area (Å²) in [7, 11) is 0. The summed E-state index contributed by atoms with van der Waals surface area (Å²) in [6.45, 7) is 5.70. The van der Waals surface area contributed by atoms with Gasteiger partial charge in [-0.25, -0.2) is 0 Å². The van der Waals surface area contributed by atoms with E-state index in [1.807, 2.05) is 17.0 Å². The van der Waals surface area contributed by atoms with Gasteiger partial charge in [-0.05, 0) is 37.8 Å². The number of anilines is 3. The fourth-order valence-corrected chi connectivity index (χ4v) is 7.09. The van der Waals surface area contributed by atoms with E-state index in [1.165, 1.54) is 19.3 Å². The van der Waals surface area contributed by atoms with Crippen molar-refractivity contribution in [1.29, 1.82) is 0 Å². The van der Waals surface area contributed by atoms with Gasteiger partial charge >= 0.3 is 0 Å². The van der Waals surface area contributed by atoms with Gasteiger partial charge in [0.1, 0.15) is 17.2 Å². The third-order valence-electron chi connectivity index (χ3n) is 9.08. The van der Waals surface area contributed by atoms with Crippen molar-refractivity contribution in [2.75, 3.05) is 56.6 Å². The molecule has 11 heteroatoms. The molecule has 41 heavy (non-hydrogen) atoms. The van der Waals surface area contributed by atoms with E-state index in [0.717, 1.165) is 93.1 Å². The second-order valence-corrected chi connectivity index (χ2v) is 12.0. The maximum absolute atomic E-state index is 13.7. The van der Waals surface area contributed by atoms with Crippen LogP contribution >= 0.6 is 11.6 Å². The molecule has 3 aromatic rings. The average Bonchev–Trinajstić information content (AvgIpc) is 3.66. The lowest BCUT2D eigenvalue weighted by atomic mass is 9.95. The molecule has 4 aliphatic rings. The van der Waals surface area contributed by atoms with Crippen LogP contribution in [0, 0.1) is 0 Å². The summed E-state index contributed by atoms with van der Waals surface area (Å²) < 4.78 is 11.6. The Balaban J connectivity index is 1.09. The summed E-state index contributed by atoms with van der Waals surface area (Å²) in [6.07, 6.45) is 10.4. The van der Waals surface area contributed by atoms with Crippen molar-refractivity contribution in [3.63, 3.8) is 0 Å². The summed E-state index contributed by atoms with van der Waals surface area (Å²) in [5.41, 5.74) is 3.14. The fraction of sp³-hybridized carbons (Fsp3) is 0.567. The molecule has 1 amide bonds. The predicted octanol–water partition coefficient (Wildman–Crippen LogP) is 4.97. The van der Waals surface area contributed by atoms with Gasteiger partial charge in [-0.1, -0.05) is 30.9 Å². The number of nitrogens with one attached hydrogen (secondary N) is 3. The van der Waals surface area contributed by atoms with Crippen molar-refractivity contribution in [3.05, 3.63) is 34.5 Å². The number of fused-ring (bicyclic) bond motifs is 2. The number of aromatic nitrogens is 3. The van der Waals surface area contributed by atoms with E-state index in [2.05, 4.69) is 20.5 Å². The minimum atomic E-state index is 0.0939. The molecule has 1 aromatic carbocycles. The van der Waals surface area contributed by atoms with Crippen molar-refractivity contribution in [2.24, 2.45) is 0 Å². The van der Waals surface area contributed by atoms with Crippen molar-refractivity contribution >= 4 is 46.0 Å². The number of hydrogen-bond acceptors (Lipinski definition) is 8. The van der Waals surface area contributed by atoms with Gasteiger partial charge < -0.3 is 30.0 Å². The molecule has 218 valence electrons. The van der Waals surface area contributed by atoms with Gasteiger partial charge in [0, 0.05) is 62.0 Å². The van der Waals surface area contributed by atoms with Crippen molar-refractivity contribution in [1.82, 2.24) is 24.8 Å². The third kappa shape index (κ3) is 5.45. The first kappa shape index (κ1) is 26.8. The van der Waals surface area contributed by atoms with Gasteiger partial charge in [-0.2, -0.15) is 9.97 Å². The predicted molar refractivity (Wildman–Crippen MR) is 160 cm³/mol. The molecule has 0 bridgehead atoms. The summed E-state index contributed by atoms with van der Waals surface area (Å²) >= 11 is 6.51. The van der Waals surface area contributed by atoms with Crippen LogP contribution in [0.4, 0.5) is 17.5 Å². The van der Waals surface area contributed by atoms with Gasteiger partial charge in [0.2, 0.25) is 5.95 Å². The number of piperidine rings is 1. The van der Waals surface area contributed by atoms with Crippen LogP contribution in [-0.2, 0) is 11.2 Å². The second-order valence-electron chi connectivity index (χ2n) is 11.6. The largest absolute Gasteiger partial charge is 0.491 e.